The summed E-state index contributed by atoms with van der Waals surface area (Å²) in [6.45, 7) is 3.44. The number of hydrogen-bond acceptors (Lipinski definition) is 9. The summed E-state index contributed by atoms with van der Waals surface area (Å²) in [6.07, 6.45) is 0.327. The van der Waals surface area contributed by atoms with Crippen LogP contribution in [0.25, 0.3) is 0 Å². The first kappa shape index (κ1) is 25.8. The molecule has 9 heteroatoms. The van der Waals surface area contributed by atoms with E-state index in [-0.39, 0.29) is 29.3 Å². The molecule has 5 rings (SSSR count). The molecule has 0 amide bonds. The van der Waals surface area contributed by atoms with Gasteiger partial charge in [-0.3, -0.25) is 4.79 Å². The lowest BCUT2D eigenvalue weighted by Crippen LogP contribution is -2.61. The van der Waals surface area contributed by atoms with E-state index >= 15 is 0 Å². The van der Waals surface area contributed by atoms with Crippen LogP contribution in [-0.2, 0) is 14.3 Å². The van der Waals surface area contributed by atoms with Crippen LogP contribution in [0.15, 0.2) is 0 Å². The van der Waals surface area contributed by atoms with Crippen molar-refractivity contribution in [2.75, 3.05) is 13.2 Å². The van der Waals surface area contributed by atoms with Gasteiger partial charge in [-0.1, -0.05) is 13.3 Å². The summed E-state index contributed by atoms with van der Waals surface area (Å²) in [6, 6.07) is 0. The number of aliphatic hydroxyl groups is 6. The largest absolute Gasteiger partial charge is 0.432 e. The highest BCUT2D eigenvalue weighted by atomic mass is 16.7. The molecular weight excluding hydrogens is 456 g/mol. The third-order valence-corrected chi connectivity index (χ3v) is 11.1. The first-order valence-electron chi connectivity index (χ1n) is 13.3. The van der Waals surface area contributed by atoms with E-state index in [2.05, 4.69) is 6.92 Å². The molecule has 0 radical (unpaired) electrons. The van der Waals surface area contributed by atoms with Gasteiger partial charge in [-0.15, -0.1) is 0 Å². The molecule has 0 aromatic carbocycles. The van der Waals surface area contributed by atoms with Gasteiger partial charge in [0.25, 0.3) is 0 Å². The van der Waals surface area contributed by atoms with E-state index < -0.39 is 54.3 Å². The van der Waals surface area contributed by atoms with Crippen LogP contribution in [0.4, 0.5) is 0 Å². The van der Waals surface area contributed by atoms with Gasteiger partial charge in [-0.2, -0.15) is 0 Å². The summed E-state index contributed by atoms with van der Waals surface area (Å²) in [4.78, 5) is 13.7. The lowest BCUT2D eigenvalue weighted by Gasteiger charge is -2.63. The monoisotopic (exact) mass is 498 g/mol. The Bertz CT molecular complexity index is 836. The fourth-order valence-corrected chi connectivity index (χ4v) is 9.46. The van der Waals surface area contributed by atoms with E-state index in [0.29, 0.717) is 18.8 Å². The van der Waals surface area contributed by atoms with Crippen molar-refractivity contribution in [1.29, 1.82) is 0 Å². The third kappa shape index (κ3) is 3.64. The van der Waals surface area contributed by atoms with Crippen LogP contribution in [-0.4, -0.2) is 86.1 Å². The van der Waals surface area contributed by atoms with Crippen molar-refractivity contribution < 1.29 is 44.9 Å². The number of aliphatic hydroxyl groups excluding tert-OH is 5. The predicted octanol–water partition coefficient (Wildman–Crippen LogP) is 0.466. The Labute approximate surface area is 206 Å². The van der Waals surface area contributed by atoms with Crippen LogP contribution in [0, 0.1) is 34.0 Å². The molecule has 6 N–H and O–H groups in total. The maximum atomic E-state index is 13.7. The van der Waals surface area contributed by atoms with E-state index in [4.69, 9.17) is 9.47 Å². The number of carbonyl (C=O) groups is 1. The molecule has 0 unspecified atom stereocenters. The highest BCUT2D eigenvalue weighted by Gasteiger charge is 2.68. The van der Waals surface area contributed by atoms with E-state index in [9.17, 15) is 35.4 Å². The number of fused-ring (bicyclic) bond motifs is 3. The second-order valence-corrected chi connectivity index (χ2v) is 12.8. The minimum absolute atomic E-state index is 0.00886. The van der Waals surface area contributed by atoms with Crippen molar-refractivity contribution in [1.82, 2.24) is 0 Å². The number of ether oxygens (including phenoxy) is 2. The highest BCUT2D eigenvalue weighted by molar-refractivity contribution is 5.77. The SMILES string of the molecule is C[C@@]12CCC[C@@](C)(C(=O)O[C@@H]3O[C@H](CO)[C@@H](O)[C@H](O)[C@H]3O)[C@@H]1CC[C@@]13C[C@@H](CC[C@H]12)[C@@](O)(CO)C3. The summed E-state index contributed by atoms with van der Waals surface area (Å²) in [5.74, 6) is 0.0529. The highest BCUT2D eigenvalue weighted by Crippen LogP contribution is 2.73. The normalized spacial score (nSPS) is 55.7. The first-order valence-corrected chi connectivity index (χ1v) is 13.3. The lowest BCUT2D eigenvalue weighted by atomic mass is 9.41. The zero-order chi connectivity index (χ0) is 25.4. The smallest absolute Gasteiger partial charge is 0.314 e. The van der Waals surface area contributed by atoms with Gasteiger partial charge < -0.3 is 40.1 Å². The Morgan fingerprint density at radius 3 is 2.40 bits per heavy atom. The number of hydrogen-bond donors (Lipinski definition) is 6. The fraction of sp³-hybridized carbons (Fsp3) is 0.962. The van der Waals surface area contributed by atoms with E-state index in [1.807, 2.05) is 6.92 Å². The fourth-order valence-electron chi connectivity index (χ4n) is 9.46. The Morgan fingerprint density at radius 2 is 1.71 bits per heavy atom. The molecule has 0 aromatic heterocycles. The standard InChI is InChI=1S/C26H42O9/c1-23-7-3-8-24(2,22(32)35-21-20(31)19(30)18(29)15(11-27)34-21)16(23)6-9-25-10-14(4-5-17(23)25)26(33,12-25)13-28/h14-21,27-31,33H,3-13H2,1-2H3/t14-,15-,16-,17+,18-,19+,20-,21+,23-,24-,25+,26+/m1/s1. The average Bonchev–Trinajstić information content (AvgIpc) is 3.04. The Kier molecular flexibility index (Phi) is 6.35. The molecular formula is C26H42O9. The molecule has 200 valence electrons. The third-order valence-electron chi connectivity index (χ3n) is 11.1. The van der Waals surface area contributed by atoms with E-state index in [1.54, 1.807) is 0 Å². The quantitative estimate of drug-likeness (QED) is 0.303. The zero-order valence-electron chi connectivity index (χ0n) is 20.8. The van der Waals surface area contributed by atoms with Crippen LogP contribution in [0.3, 0.4) is 0 Å². The van der Waals surface area contributed by atoms with E-state index in [0.717, 1.165) is 44.9 Å². The van der Waals surface area contributed by atoms with Crippen LogP contribution < -0.4 is 0 Å². The Balaban J connectivity index is 1.38. The molecule has 2 bridgehead atoms. The molecule has 0 aromatic rings. The molecule has 12 atom stereocenters. The van der Waals surface area contributed by atoms with Gasteiger partial charge in [0, 0.05) is 0 Å². The molecule has 1 aliphatic heterocycles. The first-order chi connectivity index (χ1) is 16.4. The van der Waals surface area contributed by atoms with Crippen molar-refractivity contribution in [3.05, 3.63) is 0 Å². The van der Waals surface area contributed by atoms with Crippen molar-refractivity contribution in [3.63, 3.8) is 0 Å². The average molecular weight is 499 g/mol. The summed E-state index contributed by atoms with van der Waals surface area (Å²) in [7, 11) is 0. The number of rotatable bonds is 4. The molecule has 9 nitrogen and oxygen atoms in total. The molecule has 1 saturated heterocycles. The van der Waals surface area contributed by atoms with E-state index in [1.165, 1.54) is 0 Å². The maximum Gasteiger partial charge on any atom is 0.314 e. The molecule has 5 fully saturated rings. The van der Waals surface area contributed by atoms with Crippen LogP contribution in [0.5, 0.6) is 0 Å². The maximum absolute atomic E-state index is 13.7. The number of esters is 1. The van der Waals surface area contributed by atoms with Crippen LogP contribution in [0.1, 0.15) is 71.6 Å². The van der Waals surface area contributed by atoms with Gasteiger partial charge in [-0.05, 0) is 86.9 Å². The summed E-state index contributed by atoms with van der Waals surface area (Å²) in [5.41, 5.74) is -1.94. The summed E-state index contributed by atoms with van der Waals surface area (Å²) in [5, 5.41) is 61.1. The molecule has 4 aliphatic carbocycles. The molecule has 35 heavy (non-hydrogen) atoms. The Morgan fingerprint density at radius 1 is 0.971 bits per heavy atom. The predicted molar refractivity (Wildman–Crippen MR) is 123 cm³/mol. The Hall–Kier alpha value is -0.810. The van der Waals surface area contributed by atoms with Crippen LogP contribution in [0.2, 0.25) is 0 Å². The van der Waals surface area contributed by atoms with Gasteiger partial charge in [0.2, 0.25) is 6.29 Å². The minimum Gasteiger partial charge on any atom is -0.432 e. The molecule has 1 spiro atoms. The van der Waals surface area contributed by atoms with Gasteiger partial charge in [0.05, 0.1) is 24.2 Å². The summed E-state index contributed by atoms with van der Waals surface area (Å²) < 4.78 is 11.1. The van der Waals surface area contributed by atoms with Crippen molar-refractivity contribution in [2.24, 2.45) is 34.0 Å². The summed E-state index contributed by atoms with van der Waals surface area (Å²) >= 11 is 0. The van der Waals surface area contributed by atoms with Gasteiger partial charge >= 0.3 is 5.97 Å². The molecule has 5 aliphatic rings. The second-order valence-electron chi connectivity index (χ2n) is 12.8. The lowest BCUT2D eigenvalue weighted by molar-refractivity contribution is -0.298. The zero-order valence-corrected chi connectivity index (χ0v) is 20.8. The van der Waals surface area contributed by atoms with Crippen molar-refractivity contribution in [2.45, 2.75) is 108 Å². The number of carbonyl (C=O) groups excluding carboxylic acids is 1. The molecule has 1 heterocycles. The minimum atomic E-state index is -1.62. The van der Waals surface area contributed by atoms with Gasteiger partial charge in [0.15, 0.2) is 0 Å². The van der Waals surface area contributed by atoms with Crippen molar-refractivity contribution >= 4 is 5.97 Å². The van der Waals surface area contributed by atoms with Gasteiger partial charge in [-0.25, -0.2) is 0 Å². The topological polar surface area (TPSA) is 157 Å². The van der Waals surface area contributed by atoms with Gasteiger partial charge in [0.1, 0.15) is 24.4 Å². The van der Waals surface area contributed by atoms with Crippen LogP contribution >= 0.6 is 0 Å². The van der Waals surface area contributed by atoms with Crippen molar-refractivity contribution in [3.8, 4) is 0 Å². The second kappa shape index (κ2) is 8.61. The molecule has 4 saturated carbocycles.